The highest BCUT2D eigenvalue weighted by Gasteiger charge is 2.14. The Morgan fingerprint density at radius 2 is 1.55 bits per heavy atom. The standard InChI is InChI=1S/C18H25NSi/c1-4-5-15-19(16-11-7-6-8-12-16)17-13-9-10-14-18(17)20(2)3/h6-14,20H,4-5,15H2,1-3H3. The Morgan fingerprint density at radius 3 is 2.20 bits per heavy atom. The highest BCUT2D eigenvalue weighted by molar-refractivity contribution is 6.72. The van der Waals surface area contributed by atoms with Crippen LogP contribution in [-0.4, -0.2) is 15.3 Å². The van der Waals surface area contributed by atoms with Gasteiger partial charge in [-0.05, 0) is 29.8 Å². The second kappa shape index (κ2) is 7.30. The van der Waals surface area contributed by atoms with Gasteiger partial charge in [0, 0.05) is 17.9 Å². The minimum absolute atomic E-state index is 0.823. The lowest BCUT2D eigenvalue weighted by atomic mass is 10.2. The summed E-state index contributed by atoms with van der Waals surface area (Å²) in [6, 6.07) is 19.7. The Bertz CT molecular complexity index is 522. The molecule has 0 N–H and O–H groups in total. The van der Waals surface area contributed by atoms with Gasteiger partial charge in [0.2, 0.25) is 0 Å². The van der Waals surface area contributed by atoms with Gasteiger partial charge in [0.25, 0.3) is 0 Å². The van der Waals surface area contributed by atoms with E-state index < -0.39 is 8.80 Å². The average molecular weight is 283 g/mol. The summed E-state index contributed by atoms with van der Waals surface area (Å²) in [5.74, 6) is 0. The van der Waals surface area contributed by atoms with E-state index in [9.17, 15) is 0 Å². The van der Waals surface area contributed by atoms with Crippen LogP contribution in [0.15, 0.2) is 54.6 Å². The summed E-state index contributed by atoms with van der Waals surface area (Å²) in [5.41, 5.74) is 2.72. The van der Waals surface area contributed by atoms with Crippen LogP contribution in [-0.2, 0) is 0 Å². The summed E-state index contributed by atoms with van der Waals surface area (Å²) in [6.07, 6.45) is 2.45. The SMILES string of the molecule is CCCCN(c1ccccc1)c1ccccc1[SiH](C)C. The molecule has 106 valence electrons. The van der Waals surface area contributed by atoms with Gasteiger partial charge in [0.05, 0.1) is 8.80 Å². The fourth-order valence-electron chi connectivity index (χ4n) is 2.53. The summed E-state index contributed by atoms with van der Waals surface area (Å²) in [5, 5.41) is 1.56. The van der Waals surface area contributed by atoms with E-state index in [1.165, 1.54) is 24.2 Å². The first-order valence-electron chi connectivity index (χ1n) is 7.65. The van der Waals surface area contributed by atoms with Crippen molar-refractivity contribution in [3.63, 3.8) is 0 Å². The Hall–Kier alpha value is -1.54. The molecule has 0 aliphatic carbocycles. The van der Waals surface area contributed by atoms with Crippen molar-refractivity contribution in [1.29, 1.82) is 0 Å². The van der Waals surface area contributed by atoms with E-state index in [-0.39, 0.29) is 0 Å². The molecule has 0 aliphatic heterocycles. The second-order valence-electron chi connectivity index (χ2n) is 5.55. The number of anilines is 2. The van der Waals surface area contributed by atoms with Crippen molar-refractivity contribution < 1.29 is 0 Å². The Kier molecular flexibility index (Phi) is 5.42. The molecule has 1 nitrogen and oxygen atoms in total. The average Bonchev–Trinajstić information content (AvgIpc) is 2.49. The maximum Gasteiger partial charge on any atom is 0.0674 e. The topological polar surface area (TPSA) is 3.24 Å². The molecular formula is C18H25NSi. The van der Waals surface area contributed by atoms with Gasteiger partial charge in [-0.3, -0.25) is 0 Å². The van der Waals surface area contributed by atoms with Crippen molar-refractivity contribution in [2.75, 3.05) is 11.4 Å². The number of unbranched alkanes of at least 4 members (excludes halogenated alkanes) is 1. The van der Waals surface area contributed by atoms with Gasteiger partial charge in [0.1, 0.15) is 0 Å². The van der Waals surface area contributed by atoms with Crippen LogP contribution >= 0.6 is 0 Å². The van der Waals surface area contributed by atoms with Gasteiger partial charge >= 0.3 is 0 Å². The van der Waals surface area contributed by atoms with Crippen LogP contribution in [0.5, 0.6) is 0 Å². The number of rotatable bonds is 6. The molecule has 0 atom stereocenters. The van der Waals surface area contributed by atoms with Crippen molar-refractivity contribution in [2.24, 2.45) is 0 Å². The molecule has 0 bridgehead atoms. The van der Waals surface area contributed by atoms with Crippen molar-refractivity contribution >= 4 is 25.4 Å². The first kappa shape index (κ1) is 14.9. The molecule has 0 aromatic heterocycles. The number of benzene rings is 2. The first-order valence-corrected chi connectivity index (χ1v) is 10.5. The largest absolute Gasteiger partial charge is 0.342 e. The molecule has 2 heteroatoms. The van der Waals surface area contributed by atoms with Crippen LogP contribution in [0.25, 0.3) is 0 Å². The van der Waals surface area contributed by atoms with E-state index in [0.29, 0.717) is 0 Å². The van der Waals surface area contributed by atoms with Crippen molar-refractivity contribution in [3.8, 4) is 0 Å². The summed E-state index contributed by atoms with van der Waals surface area (Å²) < 4.78 is 0. The molecule has 0 aliphatic rings. The third-order valence-corrected chi connectivity index (χ3v) is 5.38. The van der Waals surface area contributed by atoms with E-state index in [1.807, 2.05) is 0 Å². The van der Waals surface area contributed by atoms with E-state index in [1.54, 1.807) is 5.19 Å². The van der Waals surface area contributed by atoms with E-state index in [2.05, 4.69) is 79.5 Å². The maximum absolute atomic E-state index is 2.49. The molecular weight excluding hydrogens is 258 g/mol. The molecule has 0 saturated heterocycles. The van der Waals surface area contributed by atoms with Crippen LogP contribution in [0.1, 0.15) is 19.8 Å². The molecule has 2 aromatic carbocycles. The van der Waals surface area contributed by atoms with Gasteiger partial charge in [-0.15, -0.1) is 0 Å². The third kappa shape index (κ3) is 3.51. The Morgan fingerprint density at radius 1 is 0.900 bits per heavy atom. The van der Waals surface area contributed by atoms with Gasteiger partial charge in [0.15, 0.2) is 0 Å². The molecule has 0 fully saturated rings. The van der Waals surface area contributed by atoms with Crippen molar-refractivity contribution in [3.05, 3.63) is 54.6 Å². The molecule has 2 rings (SSSR count). The quantitative estimate of drug-likeness (QED) is 0.714. The molecule has 0 radical (unpaired) electrons. The zero-order chi connectivity index (χ0) is 14.4. The lowest BCUT2D eigenvalue weighted by Gasteiger charge is -2.28. The summed E-state index contributed by atoms with van der Waals surface area (Å²) >= 11 is 0. The van der Waals surface area contributed by atoms with Gasteiger partial charge in [-0.1, -0.05) is 62.8 Å². The van der Waals surface area contributed by atoms with Gasteiger partial charge in [-0.25, -0.2) is 0 Å². The van der Waals surface area contributed by atoms with Gasteiger partial charge < -0.3 is 4.90 Å². The predicted octanol–water partition coefficient (Wildman–Crippen LogP) is 4.32. The Labute approximate surface area is 124 Å². The smallest absolute Gasteiger partial charge is 0.0674 e. The molecule has 0 saturated carbocycles. The number of hydrogen-bond acceptors (Lipinski definition) is 1. The maximum atomic E-state index is 2.49. The first-order chi connectivity index (χ1) is 9.74. The fraction of sp³-hybridized carbons (Fsp3) is 0.333. The number of nitrogens with zero attached hydrogens (tertiary/aromatic N) is 1. The van der Waals surface area contributed by atoms with Crippen LogP contribution in [0.4, 0.5) is 11.4 Å². The van der Waals surface area contributed by atoms with E-state index >= 15 is 0 Å². The van der Waals surface area contributed by atoms with Crippen LogP contribution in [0.3, 0.4) is 0 Å². The zero-order valence-electron chi connectivity index (χ0n) is 12.8. The van der Waals surface area contributed by atoms with Crippen molar-refractivity contribution in [2.45, 2.75) is 32.9 Å². The van der Waals surface area contributed by atoms with Crippen LogP contribution < -0.4 is 10.1 Å². The number of hydrogen-bond donors (Lipinski definition) is 0. The Balaban J connectivity index is 2.41. The fourth-order valence-corrected chi connectivity index (χ4v) is 3.87. The molecule has 20 heavy (non-hydrogen) atoms. The van der Waals surface area contributed by atoms with Crippen LogP contribution in [0, 0.1) is 0 Å². The van der Waals surface area contributed by atoms with Crippen LogP contribution in [0.2, 0.25) is 13.1 Å². The highest BCUT2D eigenvalue weighted by Crippen LogP contribution is 2.24. The lowest BCUT2D eigenvalue weighted by Crippen LogP contribution is -2.31. The zero-order valence-corrected chi connectivity index (χ0v) is 14.0. The lowest BCUT2D eigenvalue weighted by molar-refractivity contribution is 0.786. The normalized spacial score (nSPS) is 10.8. The van der Waals surface area contributed by atoms with Crippen molar-refractivity contribution in [1.82, 2.24) is 0 Å². The summed E-state index contributed by atoms with van der Waals surface area (Å²) in [4.78, 5) is 2.49. The molecule has 0 heterocycles. The van der Waals surface area contributed by atoms with E-state index in [4.69, 9.17) is 0 Å². The minimum Gasteiger partial charge on any atom is -0.342 e. The predicted molar refractivity (Wildman–Crippen MR) is 93.3 cm³/mol. The molecule has 0 unspecified atom stereocenters. The van der Waals surface area contributed by atoms with E-state index in [0.717, 1.165) is 6.54 Å². The molecule has 2 aromatic rings. The van der Waals surface area contributed by atoms with Gasteiger partial charge in [-0.2, -0.15) is 0 Å². The molecule has 0 spiro atoms. The molecule has 0 amide bonds. The third-order valence-electron chi connectivity index (χ3n) is 3.65. The summed E-state index contributed by atoms with van der Waals surface area (Å²) in [6.45, 7) is 8.16. The minimum atomic E-state index is -0.823. The monoisotopic (exact) mass is 283 g/mol. The second-order valence-corrected chi connectivity index (χ2v) is 8.49. The number of para-hydroxylation sites is 2. The highest BCUT2D eigenvalue weighted by atomic mass is 28.3. The summed E-state index contributed by atoms with van der Waals surface area (Å²) in [7, 11) is -0.823.